The zero-order chi connectivity index (χ0) is 23.5. The molecule has 0 radical (unpaired) electrons. The van der Waals surface area contributed by atoms with E-state index in [0.29, 0.717) is 18.9 Å². The fourth-order valence-electron chi connectivity index (χ4n) is 3.50. The topological polar surface area (TPSA) is 117 Å². The summed E-state index contributed by atoms with van der Waals surface area (Å²) in [5.41, 5.74) is 6.60. The summed E-state index contributed by atoms with van der Waals surface area (Å²) in [6, 6.07) is 4.11. The van der Waals surface area contributed by atoms with E-state index in [0.717, 1.165) is 18.9 Å². The highest BCUT2D eigenvalue weighted by Crippen LogP contribution is 2.35. The van der Waals surface area contributed by atoms with Gasteiger partial charge in [-0.1, -0.05) is 23.2 Å². The first-order valence-corrected chi connectivity index (χ1v) is 11.0. The van der Waals surface area contributed by atoms with Crippen molar-refractivity contribution in [1.29, 1.82) is 0 Å². The van der Waals surface area contributed by atoms with Crippen molar-refractivity contribution in [2.24, 2.45) is 0 Å². The van der Waals surface area contributed by atoms with Gasteiger partial charge in [0.05, 0.1) is 22.9 Å². The van der Waals surface area contributed by atoms with Gasteiger partial charge in [-0.25, -0.2) is 4.39 Å². The number of hydrogen-bond acceptors (Lipinski definition) is 7. The van der Waals surface area contributed by atoms with E-state index in [9.17, 15) is 9.18 Å². The fraction of sp³-hybridized carbons (Fsp3) is 0.333. The van der Waals surface area contributed by atoms with Gasteiger partial charge in [-0.05, 0) is 31.9 Å². The summed E-state index contributed by atoms with van der Waals surface area (Å²) in [4.78, 5) is 12.7. The van der Waals surface area contributed by atoms with Crippen LogP contribution in [0.1, 0.15) is 48.0 Å². The highest BCUT2D eigenvalue weighted by atomic mass is 35.5. The molecule has 1 atom stereocenters. The molecule has 1 aliphatic heterocycles. The Labute approximate surface area is 199 Å². The molecular formula is C21H21Cl2FN6O3. The average Bonchev–Trinajstić information content (AvgIpc) is 3.27. The maximum atomic E-state index is 13.9. The van der Waals surface area contributed by atoms with Crippen LogP contribution in [0.4, 0.5) is 15.9 Å². The van der Waals surface area contributed by atoms with Crippen molar-refractivity contribution >= 4 is 40.6 Å². The second-order valence-corrected chi connectivity index (χ2v) is 8.29. The minimum absolute atomic E-state index is 0.0262. The Hall–Kier alpha value is -2.95. The quantitative estimate of drug-likeness (QED) is 0.486. The third-order valence-corrected chi connectivity index (χ3v) is 5.95. The highest BCUT2D eigenvalue weighted by molar-refractivity contribution is 6.36. The van der Waals surface area contributed by atoms with E-state index in [1.807, 2.05) is 4.68 Å². The van der Waals surface area contributed by atoms with Gasteiger partial charge in [0.1, 0.15) is 11.9 Å². The first kappa shape index (κ1) is 23.2. The van der Waals surface area contributed by atoms with E-state index in [1.54, 1.807) is 19.3 Å². The van der Waals surface area contributed by atoms with Gasteiger partial charge in [-0.15, -0.1) is 10.2 Å². The van der Waals surface area contributed by atoms with Gasteiger partial charge in [0.25, 0.3) is 5.91 Å². The number of carbonyl (C=O) groups is 1. The normalized spacial score (nSPS) is 15.3. The summed E-state index contributed by atoms with van der Waals surface area (Å²) in [7, 11) is 0. The number of nitrogen functional groups attached to an aromatic ring is 1. The van der Waals surface area contributed by atoms with Crippen molar-refractivity contribution in [3.05, 3.63) is 57.7 Å². The Morgan fingerprint density at radius 3 is 2.85 bits per heavy atom. The number of nitrogens with zero attached hydrogens (tertiary/aromatic N) is 4. The van der Waals surface area contributed by atoms with Crippen LogP contribution in [-0.4, -0.2) is 39.1 Å². The zero-order valence-electron chi connectivity index (χ0n) is 17.6. The molecule has 1 fully saturated rings. The van der Waals surface area contributed by atoms with Gasteiger partial charge in [0, 0.05) is 36.1 Å². The monoisotopic (exact) mass is 494 g/mol. The summed E-state index contributed by atoms with van der Waals surface area (Å²) in [6.45, 7) is 2.98. The number of anilines is 2. The van der Waals surface area contributed by atoms with Crippen molar-refractivity contribution in [3.8, 4) is 5.75 Å². The largest absolute Gasteiger partial charge is 0.482 e. The molecule has 9 nitrogen and oxygen atoms in total. The number of benzene rings is 1. The predicted molar refractivity (Wildman–Crippen MR) is 121 cm³/mol. The summed E-state index contributed by atoms with van der Waals surface area (Å²) in [5.74, 6) is -1.12. The molecule has 2 aromatic heterocycles. The van der Waals surface area contributed by atoms with Crippen molar-refractivity contribution in [1.82, 2.24) is 20.0 Å². The molecule has 0 saturated carbocycles. The van der Waals surface area contributed by atoms with Crippen LogP contribution in [0.2, 0.25) is 10.0 Å². The summed E-state index contributed by atoms with van der Waals surface area (Å²) < 4.78 is 26.9. The van der Waals surface area contributed by atoms with E-state index in [-0.39, 0.29) is 38.9 Å². The molecule has 0 spiro atoms. The third-order valence-electron chi connectivity index (χ3n) is 5.23. The molecule has 3 aromatic rings. The number of amides is 1. The molecule has 1 saturated heterocycles. The van der Waals surface area contributed by atoms with Gasteiger partial charge in [-0.2, -0.15) is 5.10 Å². The number of carbonyl (C=O) groups excluding carboxylic acids is 1. The first-order chi connectivity index (χ1) is 15.8. The van der Waals surface area contributed by atoms with Crippen molar-refractivity contribution in [2.45, 2.75) is 31.9 Å². The van der Waals surface area contributed by atoms with Crippen molar-refractivity contribution in [3.63, 3.8) is 0 Å². The Morgan fingerprint density at radius 2 is 2.09 bits per heavy atom. The SMILES string of the molecule is CC(Oc1cc(C(=O)Nc2cnn(C3CCOCC3)c2)nnc1N)c1c(Cl)ccc(F)c1Cl. The highest BCUT2D eigenvalue weighted by Gasteiger charge is 2.22. The standard InChI is InChI=1S/C21H21Cl2FN6O3/c1-11(18-14(22)2-3-15(24)19(18)23)33-17-8-16(28-29-20(17)25)21(31)27-12-9-26-30(10-12)13-4-6-32-7-5-13/h2-3,8-11,13H,4-7H2,1H3,(H2,25,29)(H,27,31). The van der Waals surface area contributed by atoms with Crippen LogP contribution in [0.3, 0.4) is 0 Å². The Bertz CT molecular complexity index is 1170. The summed E-state index contributed by atoms with van der Waals surface area (Å²) in [5, 5.41) is 14.8. The molecule has 1 unspecified atom stereocenters. The summed E-state index contributed by atoms with van der Waals surface area (Å²) >= 11 is 12.2. The molecule has 1 aromatic carbocycles. The predicted octanol–water partition coefficient (Wildman–Crippen LogP) is 4.45. The lowest BCUT2D eigenvalue weighted by atomic mass is 10.1. The van der Waals surface area contributed by atoms with Crippen LogP contribution >= 0.6 is 23.2 Å². The van der Waals surface area contributed by atoms with Crippen LogP contribution in [0, 0.1) is 5.82 Å². The lowest BCUT2D eigenvalue weighted by Gasteiger charge is -2.22. The summed E-state index contributed by atoms with van der Waals surface area (Å²) in [6.07, 6.45) is 4.26. The van der Waals surface area contributed by atoms with Gasteiger partial charge >= 0.3 is 0 Å². The van der Waals surface area contributed by atoms with E-state index in [1.165, 1.54) is 12.1 Å². The lowest BCUT2D eigenvalue weighted by Crippen LogP contribution is -2.20. The number of nitrogens with two attached hydrogens (primary N) is 1. The molecule has 4 rings (SSSR count). The van der Waals surface area contributed by atoms with Crippen LogP contribution in [0.25, 0.3) is 0 Å². The molecule has 0 bridgehead atoms. The van der Waals surface area contributed by atoms with E-state index < -0.39 is 17.8 Å². The number of rotatable bonds is 6. The number of hydrogen-bond donors (Lipinski definition) is 2. The van der Waals surface area contributed by atoms with Gasteiger partial charge in [0.2, 0.25) is 0 Å². The molecule has 33 heavy (non-hydrogen) atoms. The number of halogens is 3. The molecule has 12 heteroatoms. The Balaban J connectivity index is 1.48. The maximum absolute atomic E-state index is 13.9. The minimum Gasteiger partial charge on any atom is -0.482 e. The molecule has 1 amide bonds. The van der Waals surface area contributed by atoms with E-state index >= 15 is 0 Å². The molecular weight excluding hydrogens is 474 g/mol. The van der Waals surface area contributed by atoms with Crippen LogP contribution in [-0.2, 0) is 4.74 Å². The second kappa shape index (κ2) is 9.90. The van der Waals surface area contributed by atoms with Crippen molar-refractivity contribution in [2.75, 3.05) is 24.3 Å². The number of nitrogens with one attached hydrogen (secondary N) is 1. The maximum Gasteiger partial charge on any atom is 0.276 e. The van der Waals surface area contributed by atoms with Crippen molar-refractivity contribution < 1.29 is 18.7 Å². The zero-order valence-corrected chi connectivity index (χ0v) is 19.1. The van der Waals surface area contributed by atoms with Gasteiger partial charge in [0.15, 0.2) is 17.3 Å². The van der Waals surface area contributed by atoms with E-state index in [2.05, 4.69) is 20.6 Å². The smallest absolute Gasteiger partial charge is 0.276 e. The lowest BCUT2D eigenvalue weighted by molar-refractivity contribution is 0.0662. The van der Waals surface area contributed by atoms with Crippen LogP contribution < -0.4 is 15.8 Å². The third kappa shape index (κ3) is 5.18. The van der Waals surface area contributed by atoms with Gasteiger partial charge in [-0.3, -0.25) is 9.48 Å². The minimum atomic E-state index is -0.777. The first-order valence-electron chi connectivity index (χ1n) is 10.2. The molecule has 3 N–H and O–H groups in total. The fourth-order valence-corrected chi connectivity index (χ4v) is 4.18. The van der Waals surface area contributed by atoms with E-state index in [4.69, 9.17) is 38.4 Å². The molecule has 174 valence electrons. The average molecular weight is 495 g/mol. The molecule has 1 aliphatic rings. The Morgan fingerprint density at radius 1 is 1.33 bits per heavy atom. The Kier molecular flexibility index (Phi) is 6.96. The van der Waals surface area contributed by atoms with Gasteiger partial charge < -0.3 is 20.5 Å². The molecule has 3 heterocycles. The number of aromatic nitrogens is 4. The molecule has 0 aliphatic carbocycles. The second-order valence-electron chi connectivity index (χ2n) is 7.50. The van der Waals surface area contributed by atoms with Crippen LogP contribution in [0.5, 0.6) is 5.75 Å². The van der Waals surface area contributed by atoms with Crippen LogP contribution in [0.15, 0.2) is 30.6 Å². The number of ether oxygens (including phenoxy) is 2.